The Labute approximate surface area is 119 Å². The Kier molecular flexibility index (Phi) is 6.45. The number of rotatable bonds is 5. The van der Waals surface area contributed by atoms with Crippen LogP contribution in [0.5, 0.6) is 5.75 Å². The quantitative estimate of drug-likeness (QED) is 0.564. The summed E-state index contributed by atoms with van der Waals surface area (Å²) in [5.74, 6) is 0.103. The monoisotopic (exact) mass is 327 g/mol. The highest BCUT2D eigenvalue weighted by Gasteiger charge is 2.04. The van der Waals surface area contributed by atoms with Crippen LogP contribution in [0.4, 0.5) is 4.79 Å². The fourth-order valence-electron chi connectivity index (χ4n) is 1.05. The molecule has 3 N–H and O–H groups in total. The van der Waals surface area contributed by atoms with Gasteiger partial charge in [0.05, 0.1) is 0 Å². The van der Waals surface area contributed by atoms with E-state index < -0.39 is 11.9 Å². The third-order valence-electron chi connectivity index (χ3n) is 1.91. The first-order valence-electron chi connectivity index (χ1n) is 5.44. The molecule has 0 aliphatic rings. The summed E-state index contributed by atoms with van der Waals surface area (Å²) in [6.07, 6.45) is 1.53. The SMILES string of the molecule is C=CCNC(=O)NNC(=O)COc1ccc(Br)cc1. The van der Waals surface area contributed by atoms with Gasteiger partial charge in [0.15, 0.2) is 6.61 Å². The molecule has 0 fully saturated rings. The third-order valence-corrected chi connectivity index (χ3v) is 2.43. The zero-order chi connectivity index (χ0) is 14.1. The second-order valence-corrected chi connectivity index (χ2v) is 4.33. The van der Waals surface area contributed by atoms with Crippen LogP contribution in [0.1, 0.15) is 0 Å². The Hall–Kier alpha value is -2.02. The number of carbonyl (C=O) groups excluding carboxylic acids is 2. The number of carbonyl (C=O) groups is 2. The molecule has 0 radical (unpaired) electrons. The van der Waals surface area contributed by atoms with E-state index in [2.05, 4.69) is 38.7 Å². The molecule has 1 aromatic carbocycles. The van der Waals surface area contributed by atoms with Crippen LogP contribution < -0.4 is 20.9 Å². The fraction of sp³-hybridized carbons (Fsp3) is 0.167. The van der Waals surface area contributed by atoms with Crippen molar-refractivity contribution in [2.24, 2.45) is 0 Å². The van der Waals surface area contributed by atoms with Crippen LogP contribution >= 0.6 is 15.9 Å². The van der Waals surface area contributed by atoms with Crippen molar-refractivity contribution in [3.63, 3.8) is 0 Å². The highest BCUT2D eigenvalue weighted by Crippen LogP contribution is 2.15. The van der Waals surface area contributed by atoms with Crippen LogP contribution in [-0.2, 0) is 4.79 Å². The van der Waals surface area contributed by atoms with Crippen LogP contribution in [0.2, 0.25) is 0 Å². The molecule has 0 bridgehead atoms. The van der Waals surface area contributed by atoms with Crippen LogP contribution in [0.25, 0.3) is 0 Å². The summed E-state index contributed by atoms with van der Waals surface area (Å²) in [7, 11) is 0. The van der Waals surface area contributed by atoms with Gasteiger partial charge in [-0.25, -0.2) is 10.2 Å². The summed E-state index contributed by atoms with van der Waals surface area (Å²) in [5.41, 5.74) is 4.38. The number of halogens is 1. The van der Waals surface area contributed by atoms with Crippen molar-refractivity contribution in [1.29, 1.82) is 0 Å². The van der Waals surface area contributed by atoms with Crippen molar-refractivity contribution < 1.29 is 14.3 Å². The molecular weight excluding hydrogens is 314 g/mol. The van der Waals surface area contributed by atoms with Gasteiger partial charge in [-0.1, -0.05) is 22.0 Å². The van der Waals surface area contributed by atoms with Gasteiger partial charge < -0.3 is 10.1 Å². The lowest BCUT2D eigenvalue weighted by atomic mass is 10.3. The maximum atomic E-state index is 11.4. The molecule has 0 unspecified atom stereocenters. The van der Waals surface area contributed by atoms with Crippen molar-refractivity contribution in [3.05, 3.63) is 41.4 Å². The van der Waals surface area contributed by atoms with Gasteiger partial charge in [0.1, 0.15) is 5.75 Å². The van der Waals surface area contributed by atoms with Gasteiger partial charge >= 0.3 is 6.03 Å². The van der Waals surface area contributed by atoms with E-state index in [-0.39, 0.29) is 6.61 Å². The summed E-state index contributed by atoms with van der Waals surface area (Å²) in [5, 5.41) is 2.44. The zero-order valence-corrected chi connectivity index (χ0v) is 11.7. The first kappa shape index (κ1) is 15.0. The molecule has 1 aromatic rings. The van der Waals surface area contributed by atoms with Gasteiger partial charge in [-0.15, -0.1) is 6.58 Å². The maximum Gasteiger partial charge on any atom is 0.333 e. The number of hydrogen-bond acceptors (Lipinski definition) is 3. The Morgan fingerprint density at radius 2 is 1.95 bits per heavy atom. The Balaban J connectivity index is 2.22. The van der Waals surface area contributed by atoms with Crippen molar-refractivity contribution in [2.45, 2.75) is 0 Å². The summed E-state index contributed by atoms with van der Waals surface area (Å²) in [6.45, 7) is 3.57. The van der Waals surface area contributed by atoms with Crippen LogP contribution in [0, 0.1) is 0 Å². The largest absolute Gasteiger partial charge is 0.484 e. The molecule has 19 heavy (non-hydrogen) atoms. The van der Waals surface area contributed by atoms with E-state index in [0.29, 0.717) is 12.3 Å². The van der Waals surface area contributed by atoms with Gasteiger partial charge in [-0.2, -0.15) is 0 Å². The zero-order valence-electron chi connectivity index (χ0n) is 10.1. The van der Waals surface area contributed by atoms with E-state index in [1.165, 1.54) is 6.08 Å². The summed E-state index contributed by atoms with van der Waals surface area (Å²) in [6, 6.07) is 6.53. The van der Waals surface area contributed by atoms with E-state index in [4.69, 9.17) is 4.74 Å². The lowest BCUT2D eigenvalue weighted by molar-refractivity contribution is -0.123. The molecule has 0 saturated carbocycles. The number of nitrogens with one attached hydrogen (secondary N) is 3. The molecule has 0 atom stereocenters. The first-order valence-corrected chi connectivity index (χ1v) is 6.23. The molecule has 7 heteroatoms. The Morgan fingerprint density at radius 3 is 2.58 bits per heavy atom. The molecule has 102 valence electrons. The summed E-state index contributed by atoms with van der Waals surface area (Å²) < 4.78 is 6.14. The number of ether oxygens (including phenoxy) is 1. The van der Waals surface area contributed by atoms with Gasteiger partial charge in [-0.05, 0) is 24.3 Å². The molecule has 1 rings (SSSR count). The number of hydrazine groups is 1. The van der Waals surface area contributed by atoms with E-state index in [1.54, 1.807) is 24.3 Å². The summed E-state index contributed by atoms with van der Waals surface area (Å²) >= 11 is 3.29. The van der Waals surface area contributed by atoms with Gasteiger partial charge in [-0.3, -0.25) is 10.2 Å². The maximum absolute atomic E-state index is 11.4. The van der Waals surface area contributed by atoms with Crippen molar-refractivity contribution in [3.8, 4) is 5.75 Å². The highest BCUT2D eigenvalue weighted by molar-refractivity contribution is 9.10. The summed E-state index contributed by atoms with van der Waals surface area (Å²) in [4.78, 5) is 22.4. The van der Waals surface area contributed by atoms with Gasteiger partial charge in [0.25, 0.3) is 5.91 Å². The lowest BCUT2D eigenvalue weighted by Crippen LogP contribution is -2.48. The normalized spacial score (nSPS) is 9.32. The van der Waals surface area contributed by atoms with Crippen molar-refractivity contribution in [2.75, 3.05) is 13.2 Å². The number of benzene rings is 1. The smallest absolute Gasteiger partial charge is 0.333 e. The molecule has 0 spiro atoms. The topological polar surface area (TPSA) is 79.5 Å². The Bertz CT molecular complexity index is 448. The minimum atomic E-state index is -0.517. The predicted octanol–water partition coefficient (Wildman–Crippen LogP) is 1.34. The van der Waals surface area contributed by atoms with Crippen LogP contribution in [-0.4, -0.2) is 25.1 Å². The molecule has 6 nitrogen and oxygen atoms in total. The minimum Gasteiger partial charge on any atom is -0.484 e. The molecule has 3 amide bonds. The highest BCUT2D eigenvalue weighted by atomic mass is 79.9. The number of urea groups is 1. The van der Waals surface area contributed by atoms with Gasteiger partial charge in [0.2, 0.25) is 0 Å². The molecule has 0 aromatic heterocycles. The van der Waals surface area contributed by atoms with E-state index in [1.807, 2.05) is 0 Å². The lowest BCUT2D eigenvalue weighted by Gasteiger charge is -2.09. The third kappa shape index (κ3) is 6.46. The van der Waals surface area contributed by atoms with Crippen molar-refractivity contribution in [1.82, 2.24) is 16.2 Å². The first-order chi connectivity index (χ1) is 9.11. The number of amides is 3. The van der Waals surface area contributed by atoms with E-state index in [9.17, 15) is 9.59 Å². The van der Waals surface area contributed by atoms with E-state index >= 15 is 0 Å². The number of hydrogen-bond donors (Lipinski definition) is 3. The molecule has 0 aliphatic carbocycles. The second-order valence-electron chi connectivity index (χ2n) is 3.41. The molecule has 0 saturated heterocycles. The average molecular weight is 328 g/mol. The standard InChI is InChI=1S/C12H14BrN3O3/c1-2-7-14-12(18)16-15-11(17)8-19-10-5-3-9(13)4-6-10/h2-6H,1,7-8H2,(H,15,17)(H2,14,16,18). The minimum absolute atomic E-state index is 0.191. The van der Waals surface area contributed by atoms with Gasteiger partial charge in [0, 0.05) is 11.0 Å². The van der Waals surface area contributed by atoms with Crippen LogP contribution in [0.15, 0.2) is 41.4 Å². The fourth-order valence-corrected chi connectivity index (χ4v) is 1.32. The molecule has 0 aliphatic heterocycles. The molecule has 0 heterocycles. The second kappa shape index (κ2) is 8.15. The van der Waals surface area contributed by atoms with E-state index in [0.717, 1.165) is 4.47 Å². The average Bonchev–Trinajstić information content (AvgIpc) is 2.42. The Morgan fingerprint density at radius 1 is 1.26 bits per heavy atom. The predicted molar refractivity (Wildman–Crippen MR) is 74.5 cm³/mol. The molecular formula is C12H14BrN3O3. The van der Waals surface area contributed by atoms with Crippen LogP contribution in [0.3, 0.4) is 0 Å². The van der Waals surface area contributed by atoms with Crippen molar-refractivity contribution >= 4 is 27.9 Å².